The SMILES string of the molecule is O=C(O)c1ccc(Oc2ccccn2)c(Cl)c1. The quantitative estimate of drug-likeness (QED) is 0.907. The number of benzene rings is 1. The van der Waals surface area contributed by atoms with Gasteiger partial charge in [0.1, 0.15) is 5.75 Å². The second kappa shape index (κ2) is 4.84. The number of carboxylic acid groups (broad SMARTS) is 1. The first-order valence-electron chi connectivity index (χ1n) is 4.78. The van der Waals surface area contributed by atoms with E-state index >= 15 is 0 Å². The highest BCUT2D eigenvalue weighted by Crippen LogP contribution is 2.29. The number of hydrogen-bond acceptors (Lipinski definition) is 3. The lowest BCUT2D eigenvalue weighted by Crippen LogP contribution is -1.96. The maximum absolute atomic E-state index is 10.7. The van der Waals surface area contributed by atoms with Crippen molar-refractivity contribution in [3.63, 3.8) is 0 Å². The topological polar surface area (TPSA) is 59.4 Å². The maximum atomic E-state index is 10.7. The van der Waals surface area contributed by atoms with E-state index in [1.54, 1.807) is 24.4 Å². The van der Waals surface area contributed by atoms with Crippen LogP contribution in [-0.4, -0.2) is 16.1 Å². The Morgan fingerprint density at radius 1 is 1.29 bits per heavy atom. The van der Waals surface area contributed by atoms with Crippen molar-refractivity contribution < 1.29 is 14.6 Å². The highest BCUT2D eigenvalue weighted by Gasteiger charge is 2.08. The Morgan fingerprint density at radius 3 is 2.71 bits per heavy atom. The number of pyridine rings is 1. The normalized spacial score (nSPS) is 9.94. The van der Waals surface area contributed by atoms with Gasteiger partial charge in [-0.05, 0) is 24.3 Å². The predicted octanol–water partition coefficient (Wildman–Crippen LogP) is 3.23. The second-order valence-corrected chi connectivity index (χ2v) is 3.63. The van der Waals surface area contributed by atoms with Gasteiger partial charge in [0.25, 0.3) is 0 Å². The zero-order valence-corrected chi connectivity index (χ0v) is 9.39. The molecule has 0 spiro atoms. The lowest BCUT2D eigenvalue weighted by molar-refractivity contribution is 0.0697. The molecule has 1 heterocycles. The number of rotatable bonds is 3. The van der Waals surface area contributed by atoms with Crippen molar-refractivity contribution in [2.24, 2.45) is 0 Å². The van der Waals surface area contributed by atoms with E-state index in [-0.39, 0.29) is 10.6 Å². The molecular formula is C12H8ClNO3. The molecule has 0 aliphatic heterocycles. The van der Waals surface area contributed by atoms with E-state index in [0.29, 0.717) is 11.6 Å². The molecule has 0 fully saturated rings. The van der Waals surface area contributed by atoms with Crippen LogP contribution in [0.4, 0.5) is 0 Å². The van der Waals surface area contributed by atoms with Gasteiger partial charge < -0.3 is 9.84 Å². The van der Waals surface area contributed by atoms with Gasteiger partial charge in [-0.3, -0.25) is 0 Å². The summed E-state index contributed by atoms with van der Waals surface area (Å²) in [6, 6.07) is 9.49. The molecule has 86 valence electrons. The third kappa shape index (κ3) is 2.73. The van der Waals surface area contributed by atoms with Crippen LogP contribution in [0, 0.1) is 0 Å². The van der Waals surface area contributed by atoms with Crippen LogP contribution < -0.4 is 4.74 Å². The third-order valence-corrected chi connectivity index (χ3v) is 2.33. The first-order valence-corrected chi connectivity index (χ1v) is 5.16. The molecule has 0 amide bonds. The highest BCUT2D eigenvalue weighted by molar-refractivity contribution is 6.32. The molecule has 0 unspecified atom stereocenters. The molecule has 2 aromatic rings. The summed E-state index contributed by atoms with van der Waals surface area (Å²) >= 11 is 5.91. The monoisotopic (exact) mass is 249 g/mol. The average Bonchev–Trinajstić information content (AvgIpc) is 2.33. The Kier molecular flexibility index (Phi) is 3.25. The highest BCUT2D eigenvalue weighted by atomic mass is 35.5. The van der Waals surface area contributed by atoms with E-state index in [2.05, 4.69) is 4.98 Å². The number of ether oxygens (including phenoxy) is 1. The fourth-order valence-electron chi connectivity index (χ4n) is 1.24. The first kappa shape index (κ1) is 11.4. The fourth-order valence-corrected chi connectivity index (χ4v) is 1.46. The summed E-state index contributed by atoms with van der Waals surface area (Å²) in [6.45, 7) is 0. The van der Waals surface area contributed by atoms with Crippen molar-refractivity contribution in [1.82, 2.24) is 4.98 Å². The Hall–Kier alpha value is -2.07. The molecule has 17 heavy (non-hydrogen) atoms. The molecular weight excluding hydrogens is 242 g/mol. The van der Waals surface area contributed by atoms with E-state index in [1.807, 2.05) is 0 Å². The summed E-state index contributed by atoms with van der Waals surface area (Å²) < 4.78 is 5.41. The van der Waals surface area contributed by atoms with E-state index in [4.69, 9.17) is 21.4 Å². The van der Waals surface area contributed by atoms with Gasteiger partial charge >= 0.3 is 5.97 Å². The average molecular weight is 250 g/mol. The van der Waals surface area contributed by atoms with Gasteiger partial charge in [0.15, 0.2) is 0 Å². The number of nitrogens with zero attached hydrogens (tertiary/aromatic N) is 1. The van der Waals surface area contributed by atoms with Crippen LogP contribution in [0.2, 0.25) is 5.02 Å². The Labute approximate surface area is 102 Å². The van der Waals surface area contributed by atoms with Crippen LogP contribution in [0.1, 0.15) is 10.4 Å². The standard InChI is InChI=1S/C12H8ClNO3/c13-9-7-8(12(15)16)4-5-10(9)17-11-3-1-2-6-14-11/h1-7H,(H,15,16). The number of halogens is 1. The van der Waals surface area contributed by atoms with Crippen molar-refractivity contribution in [1.29, 1.82) is 0 Å². The molecule has 1 aromatic carbocycles. The van der Waals surface area contributed by atoms with Crippen LogP contribution >= 0.6 is 11.6 Å². The molecule has 5 heteroatoms. The molecule has 0 atom stereocenters. The van der Waals surface area contributed by atoms with Crippen LogP contribution in [0.3, 0.4) is 0 Å². The molecule has 0 aliphatic rings. The lowest BCUT2D eigenvalue weighted by Gasteiger charge is -2.06. The Bertz CT molecular complexity index is 543. The smallest absolute Gasteiger partial charge is 0.335 e. The summed E-state index contributed by atoms with van der Waals surface area (Å²) in [5.41, 5.74) is 0.114. The van der Waals surface area contributed by atoms with Gasteiger partial charge in [0, 0.05) is 12.3 Å². The van der Waals surface area contributed by atoms with E-state index < -0.39 is 5.97 Å². The first-order chi connectivity index (χ1) is 8.16. The van der Waals surface area contributed by atoms with Crippen molar-refractivity contribution in [2.75, 3.05) is 0 Å². The number of hydrogen-bond donors (Lipinski definition) is 1. The molecule has 4 nitrogen and oxygen atoms in total. The van der Waals surface area contributed by atoms with Gasteiger partial charge in [0.05, 0.1) is 10.6 Å². The van der Waals surface area contributed by atoms with Gasteiger partial charge in [-0.2, -0.15) is 0 Å². The minimum absolute atomic E-state index is 0.114. The lowest BCUT2D eigenvalue weighted by atomic mass is 10.2. The summed E-state index contributed by atoms with van der Waals surface area (Å²) in [5.74, 6) is -0.260. The molecule has 0 radical (unpaired) electrons. The van der Waals surface area contributed by atoms with Crippen LogP contribution in [-0.2, 0) is 0 Å². The van der Waals surface area contributed by atoms with Gasteiger partial charge in [0.2, 0.25) is 5.88 Å². The Balaban J connectivity index is 2.26. The molecule has 1 aromatic heterocycles. The van der Waals surface area contributed by atoms with Crippen LogP contribution in [0.15, 0.2) is 42.6 Å². The molecule has 0 saturated carbocycles. The van der Waals surface area contributed by atoms with E-state index in [1.165, 1.54) is 18.2 Å². The molecule has 1 N–H and O–H groups in total. The van der Waals surface area contributed by atoms with Crippen molar-refractivity contribution in [2.45, 2.75) is 0 Å². The Morgan fingerprint density at radius 2 is 2.12 bits per heavy atom. The molecule has 2 rings (SSSR count). The predicted molar refractivity (Wildman–Crippen MR) is 62.7 cm³/mol. The second-order valence-electron chi connectivity index (χ2n) is 3.22. The summed E-state index contributed by atoms with van der Waals surface area (Å²) in [4.78, 5) is 14.7. The van der Waals surface area contributed by atoms with Crippen molar-refractivity contribution in [3.05, 3.63) is 53.2 Å². The minimum atomic E-state index is -1.03. The molecule has 0 saturated heterocycles. The van der Waals surface area contributed by atoms with Gasteiger partial charge in [-0.1, -0.05) is 17.7 Å². The summed E-state index contributed by atoms with van der Waals surface area (Å²) in [5, 5.41) is 9.01. The number of aromatic nitrogens is 1. The van der Waals surface area contributed by atoms with Gasteiger partial charge in [-0.15, -0.1) is 0 Å². The zero-order chi connectivity index (χ0) is 12.3. The largest absolute Gasteiger partial charge is 0.478 e. The third-order valence-electron chi connectivity index (χ3n) is 2.03. The maximum Gasteiger partial charge on any atom is 0.335 e. The minimum Gasteiger partial charge on any atom is -0.478 e. The molecule has 0 aliphatic carbocycles. The fraction of sp³-hybridized carbons (Fsp3) is 0. The van der Waals surface area contributed by atoms with Gasteiger partial charge in [-0.25, -0.2) is 9.78 Å². The van der Waals surface area contributed by atoms with Crippen LogP contribution in [0.5, 0.6) is 11.6 Å². The van der Waals surface area contributed by atoms with E-state index in [0.717, 1.165) is 0 Å². The van der Waals surface area contributed by atoms with Crippen LogP contribution in [0.25, 0.3) is 0 Å². The summed E-state index contributed by atoms with van der Waals surface area (Å²) in [6.07, 6.45) is 1.59. The van der Waals surface area contributed by atoms with E-state index in [9.17, 15) is 4.79 Å². The number of aromatic carboxylic acids is 1. The van der Waals surface area contributed by atoms with Crippen molar-refractivity contribution >= 4 is 17.6 Å². The zero-order valence-electron chi connectivity index (χ0n) is 8.63. The molecule has 0 bridgehead atoms. The number of carbonyl (C=O) groups is 1. The number of carboxylic acids is 1. The summed E-state index contributed by atoms with van der Waals surface area (Å²) in [7, 11) is 0. The van der Waals surface area contributed by atoms with Crippen molar-refractivity contribution in [3.8, 4) is 11.6 Å².